The number of thioether (sulfide) groups is 1. The molecule has 0 N–H and O–H groups in total. The number of carbonyl (C=O) groups is 2. The highest BCUT2D eigenvalue weighted by molar-refractivity contribution is 8.16. The molecule has 1 heterocycles. The lowest BCUT2D eigenvalue weighted by atomic mass is 10.0. The van der Waals surface area contributed by atoms with Crippen LogP contribution in [0.15, 0.2) is 77.8 Å². The van der Waals surface area contributed by atoms with Crippen LogP contribution in [0.2, 0.25) is 0 Å². The third-order valence-corrected chi connectivity index (χ3v) is 6.37. The summed E-state index contributed by atoms with van der Waals surface area (Å²) in [4.78, 5) is 32.5. The van der Waals surface area contributed by atoms with Crippen LogP contribution in [-0.4, -0.2) is 22.1 Å². The molecule has 1 saturated heterocycles. The highest BCUT2D eigenvalue weighted by atomic mass is 32.2. The largest absolute Gasteiger partial charge is 0.294 e. The summed E-state index contributed by atoms with van der Waals surface area (Å²) < 4.78 is 0. The van der Waals surface area contributed by atoms with Gasteiger partial charge >= 0.3 is 0 Å². The van der Waals surface area contributed by atoms with Crippen LogP contribution < -0.4 is 4.90 Å². The first kappa shape index (κ1) is 21.1. The molecule has 1 fully saturated rings. The number of ketones is 1. The molecule has 156 valence electrons. The van der Waals surface area contributed by atoms with E-state index in [1.54, 1.807) is 4.90 Å². The number of amides is 1. The van der Waals surface area contributed by atoms with Crippen molar-refractivity contribution in [2.24, 2.45) is 4.99 Å². The van der Waals surface area contributed by atoms with Crippen molar-refractivity contribution in [2.75, 3.05) is 4.90 Å². The summed E-state index contributed by atoms with van der Waals surface area (Å²) >= 11 is 1.36. The zero-order valence-corrected chi connectivity index (χ0v) is 18.6. The van der Waals surface area contributed by atoms with Gasteiger partial charge in [-0.1, -0.05) is 77.0 Å². The highest BCUT2D eigenvalue weighted by Gasteiger charge is 2.40. The van der Waals surface area contributed by atoms with Crippen LogP contribution >= 0.6 is 11.8 Å². The van der Waals surface area contributed by atoms with Gasteiger partial charge in [0, 0.05) is 12.0 Å². The Labute approximate surface area is 187 Å². The van der Waals surface area contributed by atoms with Gasteiger partial charge in [-0.2, -0.15) is 0 Å². The smallest absolute Gasteiger partial charge is 0.247 e. The molecular weight excluding hydrogens is 404 g/mol. The monoisotopic (exact) mass is 428 g/mol. The molecule has 0 spiro atoms. The quantitative estimate of drug-likeness (QED) is 0.467. The fourth-order valence-corrected chi connectivity index (χ4v) is 4.52. The molecule has 1 amide bonds. The molecule has 1 aliphatic rings. The highest BCUT2D eigenvalue weighted by Crippen LogP contribution is 2.36. The average Bonchev–Trinajstić information content (AvgIpc) is 3.05. The van der Waals surface area contributed by atoms with Crippen LogP contribution in [0.3, 0.4) is 0 Å². The maximum atomic E-state index is 13.3. The topological polar surface area (TPSA) is 49.7 Å². The van der Waals surface area contributed by atoms with E-state index in [0.29, 0.717) is 10.7 Å². The third kappa shape index (κ3) is 4.78. The summed E-state index contributed by atoms with van der Waals surface area (Å²) in [6.45, 7) is 6.02. The van der Waals surface area contributed by atoms with Crippen molar-refractivity contribution in [2.45, 2.75) is 32.4 Å². The van der Waals surface area contributed by atoms with Gasteiger partial charge in [-0.3, -0.25) is 14.5 Å². The number of nitrogens with zero attached hydrogens (tertiary/aromatic N) is 2. The summed E-state index contributed by atoms with van der Waals surface area (Å²) in [6, 6.07) is 23.1. The van der Waals surface area contributed by atoms with E-state index < -0.39 is 5.25 Å². The predicted octanol–water partition coefficient (Wildman–Crippen LogP) is 6.02. The number of Topliss-reactive ketones (excluding diaryl/α,β-unsaturated/α-hetero) is 1. The number of aryl methyl sites for hydroxylation is 3. The molecular formula is C26H24N2O2S. The molecule has 3 aromatic rings. The van der Waals surface area contributed by atoms with Gasteiger partial charge in [0.25, 0.3) is 0 Å². The van der Waals surface area contributed by atoms with E-state index in [9.17, 15) is 9.59 Å². The predicted molar refractivity (Wildman–Crippen MR) is 128 cm³/mol. The maximum absolute atomic E-state index is 13.3. The molecule has 31 heavy (non-hydrogen) atoms. The number of carbonyl (C=O) groups excluding carboxylic acids is 2. The lowest BCUT2D eigenvalue weighted by molar-refractivity contribution is -0.116. The second-order valence-corrected chi connectivity index (χ2v) is 9.01. The second kappa shape index (κ2) is 8.90. The first-order valence-corrected chi connectivity index (χ1v) is 11.1. The Hall–Kier alpha value is -3.18. The lowest BCUT2D eigenvalue weighted by Crippen LogP contribution is -2.32. The van der Waals surface area contributed by atoms with Crippen LogP contribution in [-0.2, 0) is 4.79 Å². The molecule has 0 aliphatic carbocycles. The number of aliphatic imine (C=N–C) groups is 1. The Balaban J connectivity index is 1.64. The minimum atomic E-state index is -0.501. The van der Waals surface area contributed by atoms with E-state index in [-0.39, 0.29) is 18.1 Å². The van der Waals surface area contributed by atoms with Crippen molar-refractivity contribution in [3.05, 3.63) is 95.1 Å². The number of hydrogen-bond acceptors (Lipinski definition) is 4. The van der Waals surface area contributed by atoms with Crippen molar-refractivity contribution < 1.29 is 9.59 Å². The fourth-order valence-electron chi connectivity index (χ4n) is 3.36. The number of hydrogen-bond donors (Lipinski definition) is 0. The van der Waals surface area contributed by atoms with E-state index >= 15 is 0 Å². The van der Waals surface area contributed by atoms with Crippen LogP contribution in [0, 0.1) is 20.8 Å². The van der Waals surface area contributed by atoms with E-state index in [1.165, 1.54) is 11.8 Å². The molecule has 0 aromatic heterocycles. The van der Waals surface area contributed by atoms with Crippen molar-refractivity contribution in [1.29, 1.82) is 0 Å². The number of rotatable bonds is 5. The number of anilines is 1. The van der Waals surface area contributed by atoms with Crippen molar-refractivity contribution in [3.8, 4) is 0 Å². The summed E-state index contributed by atoms with van der Waals surface area (Å²) in [5.41, 5.74) is 5.54. The minimum absolute atomic E-state index is 0.0358. The van der Waals surface area contributed by atoms with Gasteiger partial charge in [-0.25, -0.2) is 4.99 Å². The van der Waals surface area contributed by atoms with Crippen LogP contribution in [0.1, 0.15) is 33.5 Å². The van der Waals surface area contributed by atoms with Crippen molar-refractivity contribution in [3.63, 3.8) is 0 Å². The van der Waals surface area contributed by atoms with E-state index in [0.717, 1.165) is 28.1 Å². The van der Waals surface area contributed by atoms with Gasteiger partial charge in [0.1, 0.15) is 0 Å². The Bertz CT molecular complexity index is 1130. The summed E-state index contributed by atoms with van der Waals surface area (Å²) in [6.07, 6.45) is 0.141. The lowest BCUT2D eigenvalue weighted by Gasteiger charge is -2.17. The molecule has 1 unspecified atom stereocenters. The Kier molecular flexibility index (Phi) is 6.05. The number of benzene rings is 3. The molecule has 1 aliphatic heterocycles. The minimum Gasteiger partial charge on any atom is -0.294 e. The first-order chi connectivity index (χ1) is 14.9. The molecule has 0 bridgehead atoms. The van der Waals surface area contributed by atoms with E-state index in [2.05, 4.69) is 0 Å². The standard InChI is InChI=1S/C26H24N2O2S/c1-17-4-10-20(11-5-17)23(29)16-24-25(30)28(22-14-8-19(3)9-15-22)26(31-24)27-21-12-6-18(2)7-13-21/h4-15,24H,16H2,1-3H3. The van der Waals surface area contributed by atoms with Gasteiger partial charge < -0.3 is 0 Å². The first-order valence-electron chi connectivity index (χ1n) is 10.2. The van der Waals surface area contributed by atoms with Gasteiger partial charge in [0.05, 0.1) is 16.6 Å². The molecule has 1 atom stereocenters. The molecule has 0 saturated carbocycles. The zero-order valence-electron chi connectivity index (χ0n) is 17.8. The Morgan fingerprint density at radius 3 is 1.94 bits per heavy atom. The SMILES string of the molecule is Cc1ccc(N=C2SC(CC(=O)c3ccc(C)cc3)C(=O)N2c2ccc(C)cc2)cc1. The Morgan fingerprint density at radius 1 is 0.839 bits per heavy atom. The molecule has 5 heteroatoms. The maximum Gasteiger partial charge on any atom is 0.247 e. The van der Waals surface area contributed by atoms with Crippen LogP contribution in [0.4, 0.5) is 11.4 Å². The summed E-state index contributed by atoms with van der Waals surface area (Å²) in [7, 11) is 0. The Morgan fingerprint density at radius 2 is 1.35 bits per heavy atom. The van der Waals surface area contributed by atoms with E-state index in [4.69, 9.17) is 4.99 Å². The van der Waals surface area contributed by atoms with Crippen LogP contribution in [0.25, 0.3) is 0 Å². The number of amidine groups is 1. The van der Waals surface area contributed by atoms with Crippen LogP contribution in [0.5, 0.6) is 0 Å². The van der Waals surface area contributed by atoms with Crippen molar-refractivity contribution in [1.82, 2.24) is 0 Å². The molecule has 4 nitrogen and oxygen atoms in total. The summed E-state index contributed by atoms with van der Waals surface area (Å²) in [5.74, 6) is -0.147. The average molecular weight is 429 g/mol. The molecule has 3 aromatic carbocycles. The summed E-state index contributed by atoms with van der Waals surface area (Å²) in [5, 5.41) is 0.0960. The zero-order chi connectivity index (χ0) is 22.0. The normalized spacial score (nSPS) is 17.4. The molecule has 0 radical (unpaired) electrons. The van der Waals surface area contributed by atoms with Gasteiger partial charge in [0.2, 0.25) is 5.91 Å². The van der Waals surface area contributed by atoms with Crippen molar-refractivity contribution >= 4 is 40.0 Å². The van der Waals surface area contributed by atoms with E-state index in [1.807, 2.05) is 93.6 Å². The molecule has 4 rings (SSSR count). The van der Waals surface area contributed by atoms with Gasteiger partial charge in [-0.05, 0) is 45.0 Å². The third-order valence-electron chi connectivity index (χ3n) is 5.23. The second-order valence-electron chi connectivity index (χ2n) is 7.84. The van der Waals surface area contributed by atoms with Gasteiger partial charge in [0.15, 0.2) is 11.0 Å². The van der Waals surface area contributed by atoms with Gasteiger partial charge in [-0.15, -0.1) is 0 Å². The fraction of sp³-hybridized carbons (Fsp3) is 0.192.